The van der Waals surface area contributed by atoms with E-state index in [0.29, 0.717) is 4.47 Å². The summed E-state index contributed by atoms with van der Waals surface area (Å²) in [5, 5.41) is 2.67. The van der Waals surface area contributed by atoms with Crippen LogP contribution < -0.4 is 5.32 Å². The number of halogens is 2. The molecule has 0 spiro atoms. The summed E-state index contributed by atoms with van der Waals surface area (Å²) in [7, 11) is 0. The molecule has 1 amide bonds. The third-order valence-corrected chi connectivity index (χ3v) is 2.37. The minimum atomic E-state index is -0.600. The molecule has 0 unspecified atom stereocenters. The molecule has 1 aliphatic rings. The molecular formula is C9H8BrFN2O. The molecule has 0 radical (unpaired) electrons. The molecule has 14 heavy (non-hydrogen) atoms. The van der Waals surface area contributed by atoms with Gasteiger partial charge in [-0.25, -0.2) is 9.37 Å². The Balaban J connectivity index is 2.17. The summed E-state index contributed by atoms with van der Waals surface area (Å²) in [6.45, 7) is 0. The van der Waals surface area contributed by atoms with Gasteiger partial charge in [0.15, 0.2) is 11.5 Å². The van der Waals surface area contributed by atoms with Gasteiger partial charge in [-0.1, -0.05) is 0 Å². The fourth-order valence-corrected chi connectivity index (χ4v) is 1.37. The number of rotatable bonds is 2. The van der Waals surface area contributed by atoms with Crippen LogP contribution in [0, 0.1) is 5.82 Å². The summed E-state index contributed by atoms with van der Waals surface area (Å²) in [5.41, 5.74) is -0.139. The predicted molar refractivity (Wildman–Crippen MR) is 52.4 cm³/mol. The van der Waals surface area contributed by atoms with Crippen molar-refractivity contribution in [3.63, 3.8) is 0 Å². The summed E-state index contributed by atoms with van der Waals surface area (Å²) < 4.78 is 13.7. The van der Waals surface area contributed by atoms with E-state index in [9.17, 15) is 9.18 Å². The molecule has 1 heterocycles. The van der Waals surface area contributed by atoms with Gasteiger partial charge in [0.2, 0.25) is 0 Å². The van der Waals surface area contributed by atoms with Crippen molar-refractivity contribution < 1.29 is 9.18 Å². The van der Waals surface area contributed by atoms with E-state index in [4.69, 9.17) is 0 Å². The van der Waals surface area contributed by atoms with Crippen LogP contribution in [0.3, 0.4) is 0 Å². The quantitative estimate of drug-likeness (QED) is 0.880. The number of pyridine rings is 1. The van der Waals surface area contributed by atoms with Crippen molar-refractivity contribution >= 4 is 21.8 Å². The number of carbonyl (C=O) groups excluding carboxylic acids is 1. The van der Waals surface area contributed by atoms with Crippen LogP contribution in [-0.2, 0) is 0 Å². The number of nitrogens with one attached hydrogen (secondary N) is 1. The van der Waals surface area contributed by atoms with Crippen LogP contribution in [-0.4, -0.2) is 16.9 Å². The Hall–Kier alpha value is -0.970. The van der Waals surface area contributed by atoms with Gasteiger partial charge >= 0.3 is 0 Å². The number of nitrogens with zero attached hydrogens (tertiary/aromatic N) is 1. The van der Waals surface area contributed by atoms with Crippen LogP contribution in [0.1, 0.15) is 23.3 Å². The molecular weight excluding hydrogens is 251 g/mol. The molecule has 0 atom stereocenters. The minimum absolute atomic E-state index is 0.139. The molecule has 1 N–H and O–H groups in total. The maximum atomic E-state index is 13.2. The Morgan fingerprint density at radius 2 is 2.36 bits per heavy atom. The molecule has 1 aromatic heterocycles. The third-order valence-electron chi connectivity index (χ3n) is 1.94. The second-order valence-corrected chi connectivity index (χ2v) is 4.15. The fourth-order valence-electron chi connectivity index (χ4n) is 1.06. The van der Waals surface area contributed by atoms with Crippen molar-refractivity contribution in [2.45, 2.75) is 18.9 Å². The van der Waals surface area contributed by atoms with Crippen molar-refractivity contribution in [1.82, 2.24) is 10.3 Å². The highest BCUT2D eigenvalue weighted by Crippen LogP contribution is 2.20. The molecule has 1 fully saturated rings. The van der Waals surface area contributed by atoms with Gasteiger partial charge in [0, 0.05) is 16.7 Å². The summed E-state index contributed by atoms with van der Waals surface area (Å²) in [6, 6.07) is 1.45. The van der Waals surface area contributed by atoms with Gasteiger partial charge in [-0.3, -0.25) is 4.79 Å². The van der Waals surface area contributed by atoms with E-state index in [-0.39, 0.29) is 11.7 Å². The first-order chi connectivity index (χ1) is 6.66. The second-order valence-electron chi connectivity index (χ2n) is 3.23. The summed E-state index contributed by atoms with van der Waals surface area (Å²) in [5.74, 6) is -1.03. The third kappa shape index (κ3) is 2.09. The lowest BCUT2D eigenvalue weighted by molar-refractivity contribution is 0.0941. The summed E-state index contributed by atoms with van der Waals surface area (Å²) in [6.07, 6.45) is 3.36. The monoisotopic (exact) mass is 258 g/mol. The highest BCUT2D eigenvalue weighted by Gasteiger charge is 2.25. The second kappa shape index (κ2) is 3.65. The molecule has 1 aliphatic carbocycles. The van der Waals surface area contributed by atoms with Crippen LogP contribution in [0.5, 0.6) is 0 Å². The van der Waals surface area contributed by atoms with Crippen molar-refractivity contribution in [2.75, 3.05) is 0 Å². The number of hydrogen-bond acceptors (Lipinski definition) is 2. The van der Waals surface area contributed by atoms with E-state index in [0.717, 1.165) is 12.8 Å². The lowest BCUT2D eigenvalue weighted by Gasteiger charge is -2.03. The highest BCUT2D eigenvalue weighted by molar-refractivity contribution is 9.10. The van der Waals surface area contributed by atoms with E-state index in [1.54, 1.807) is 0 Å². The first-order valence-corrected chi connectivity index (χ1v) is 5.08. The van der Waals surface area contributed by atoms with Gasteiger partial charge in [-0.05, 0) is 34.8 Å². The number of amides is 1. The van der Waals surface area contributed by atoms with Gasteiger partial charge in [0.25, 0.3) is 5.91 Å². The Morgan fingerprint density at radius 1 is 1.64 bits per heavy atom. The standard InChI is InChI=1S/C9H8BrFN2O/c10-5-3-7(11)8(12-4-5)9(14)13-6-1-2-6/h3-4,6H,1-2H2,(H,13,14). The molecule has 0 aromatic carbocycles. The van der Waals surface area contributed by atoms with Crippen molar-refractivity contribution in [2.24, 2.45) is 0 Å². The van der Waals surface area contributed by atoms with E-state index in [1.807, 2.05) is 0 Å². The first kappa shape index (κ1) is 9.58. The average Bonchev–Trinajstić information content (AvgIpc) is 2.87. The predicted octanol–water partition coefficient (Wildman–Crippen LogP) is 1.88. The van der Waals surface area contributed by atoms with Gasteiger partial charge in [0.1, 0.15) is 0 Å². The zero-order valence-electron chi connectivity index (χ0n) is 7.26. The van der Waals surface area contributed by atoms with Crippen LogP contribution in [0.2, 0.25) is 0 Å². The van der Waals surface area contributed by atoms with Crippen molar-refractivity contribution in [1.29, 1.82) is 0 Å². The van der Waals surface area contributed by atoms with Crippen LogP contribution in [0.15, 0.2) is 16.7 Å². The van der Waals surface area contributed by atoms with Crippen LogP contribution >= 0.6 is 15.9 Å². The molecule has 2 rings (SSSR count). The van der Waals surface area contributed by atoms with Crippen molar-refractivity contribution in [3.8, 4) is 0 Å². The van der Waals surface area contributed by atoms with E-state index in [2.05, 4.69) is 26.2 Å². The molecule has 0 saturated heterocycles. The first-order valence-electron chi connectivity index (χ1n) is 4.29. The number of aromatic nitrogens is 1. The van der Waals surface area contributed by atoms with Gasteiger partial charge in [-0.2, -0.15) is 0 Å². The Kier molecular flexibility index (Phi) is 2.50. The Bertz CT molecular complexity index is 379. The maximum Gasteiger partial charge on any atom is 0.273 e. The molecule has 1 saturated carbocycles. The zero-order valence-corrected chi connectivity index (χ0v) is 8.84. The topological polar surface area (TPSA) is 42.0 Å². The lowest BCUT2D eigenvalue weighted by Crippen LogP contribution is -2.27. The molecule has 0 bridgehead atoms. The maximum absolute atomic E-state index is 13.2. The largest absolute Gasteiger partial charge is 0.348 e. The average molecular weight is 259 g/mol. The van der Waals surface area contributed by atoms with Gasteiger partial charge < -0.3 is 5.32 Å². The summed E-state index contributed by atoms with van der Waals surface area (Å²) >= 11 is 3.07. The SMILES string of the molecule is O=C(NC1CC1)c1ncc(Br)cc1F. The molecule has 1 aromatic rings. The van der Waals surface area contributed by atoms with E-state index < -0.39 is 11.7 Å². The summed E-state index contributed by atoms with van der Waals surface area (Å²) in [4.78, 5) is 15.1. The molecule has 0 aliphatic heterocycles. The molecule has 74 valence electrons. The molecule has 5 heteroatoms. The van der Waals surface area contributed by atoms with Gasteiger partial charge in [-0.15, -0.1) is 0 Å². The van der Waals surface area contributed by atoms with Crippen molar-refractivity contribution in [3.05, 3.63) is 28.2 Å². The zero-order chi connectivity index (χ0) is 10.1. The van der Waals surface area contributed by atoms with Crippen LogP contribution in [0.4, 0.5) is 4.39 Å². The van der Waals surface area contributed by atoms with E-state index >= 15 is 0 Å². The fraction of sp³-hybridized carbons (Fsp3) is 0.333. The van der Waals surface area contributed by atoms with Crippen LogP contribution in [0.25, 0.3) is 0 Å². The van der Waals surface area contributed by atoms with E-state index in [1.165, 1.54) is 12.3 Å². The lowest BCUT2D eigenvalue weighted by atomic mass is 10.3. The minimum Gasteiger partial charge on any atom is -0.348 e. The highest BCUT2D eigenvalue weighted by atomic mass is 79.9. The smallest absolute Gasteiger partial charge is 0.273 e. The Morgan fingerprint density at radius 3 is 2.93 bits per heavy atom. The number of hydrogen-bond donors (Lipinski definition) is 1. The normalized spacial score (nSPS) is 15.3. The van der Waals surface area contributed by atoms with Gasteiger partial charge in [0.05, 0.1) is 0 Å². The molecule has 3 nitrogen and oxygen atoms in total. The number of carbonyl (C=O) groups is 1. The Labute approximate surface area is 88.8 Å².